The number of hydrogen-bond donors (Lipinski definition) is 3. The maximum absolute atomic E-state index is 5.30. The topological polar surface area (TPSA) is 63.8 Å². The molecule has 0 aliphatic heterocycles. The van der Waals surface area contributed by atoms with E-state index in [4.69, 9.17) is 14.3 Å². The van der Waals surface area contributed by atoms with Crippen molar-refractivity contribution in [3.05, 3.63) is 0 Å². The fourth-order valence-electron chi connectivity index (χ4n) is 0.921. The van der Waals surface area contributed by atoms with Crippen LogP contribution in [0.1, 0.15) is 41.5 Å². The summed E-state index contributed by atoms with van der Waals surface area (Å²) in [6, 6.07) is 0. The molecule has 114 valence electrons. The Morgan fingerprint density at radius 2 is 0.895 bits per heavy atom. The normalized spacial score (nSPS) is 11.8. The minimum atomic E-state index is -0.823. The van der Waals surface area contributed by atoms with Crippen LogP contribution >= 0.6 is 0 Å². The highest BCUT2D eigenvalue weighted by Gasteiger charge is 2.23. The first kappa shape index (κ1) is 18.8. The van der Waals surface area contributed by atoms with Crippen LogP contribution in [-0.2, 0) is 14.3 Å². The molecule has 0 heterocycles. The molecule has 0 aliphatic rings. The molecular weight excluding hydrogens is 245 g/mol. The van der Waals surface area contributed by atoms with Crippen LogP contribution in [0.4, 0.5) is 0 Å². The van der Waals surface area contributed by atoms with Gasteiger partial charge in [-0.1, -0.05) is 41.5 Å². The smallest absolute Gasteiger partial charge is 0.299 e. The van der Waals surface area contributed by atoms with Crippen molar-refractivity contribution in [3.63, 3.8) is 0 Å². The van der Waals surface area contributed by atoms with E-state index in [0.717, 1.165) is 19.6 Å². The van der Waals surface area contributed by atoms with E-state index < -0.39 is 7.32 Å². The third kappa shape index (κ3) is 14.0. The molecule has 0 spiro atoms. The number of hydroxylamine groups is 3. The average Bonchev–Trinajstić information content (AvgIpc) is 2.26. The van der Waals surface area contributed by atoms with Crippen LogP contribution in [0, 0.1) is 17.8 Å². The summed E-state index contributed by atoms with van der Waals surface area (Å²) in [5, 5.41) is 0. The standard InChI is InChI=1S/C12H30BN3O3/c1-10(2)7-14-17-13(18-15-8-11(3)4)19-16-9-12(5)6/h10-12,14-16H,7-9H2,1-6H3. The Hall–Kier alpha value is -0.175. The van der Waals surface area contributed by atoms with E-state index >= 15 is 0 Å². The second-order valence-corrected chi connectivity index (χ2v) is 5.87. The van der Waals surface area contributed by atoms with Crippen LogP contribution in [-0.4, -0.2) is 27.0 Å². The van der Waals surface area contributed by atoms with Crippen LogP contribution in [0.2, 0.25) is 0 Å². The SMILES string of the molecule is CC(C)CNOB(ONCC(C)C)ONCC(C)C. The van der Waals surface area contributed by atoms with Crippen molar-refractivity contribution in [2.45, 2.75) is 41.5 Å². The monoisotopic (exact) mass is 275 g/mol. The van der Waals surface area contributed by atoms with Crippen molar-refractivity contribution in [1.82, 2.24) is 16.4 Å². The zero-order valence-corrected chi connectivity index (χ0v) is 13.2. The number of nitrogens with one attached hydrogen (secondary N) is 3. The Morgan fingerprint density at radius 3 is 1.11 bits per heavy atom. The van der Waals surface area contributed by atoms with Crippen molar-refractivity contribution in [1.29, 1.82) is 0 Å². The van der Waals surface area contributed by atoms with E-state index in [0.29, 0.717) is 17.8 Å². The molecule has 0 saturated carbocycles. The van der Waals surface area contributed by atoms with Crippen molar-refractivity contribution in [2.75, 3.05) is 19.6 Å². The van der Waals surface area contributed by atoms with E-state index in [9.17, 15) is 0 Å². The maximum atomic E-state index is 5.30. The van der Waals surface area contributed by atoms with Gasteiger partial charge >= 0.3 is 7.32 Å². The minimum Gasteiger partial charge on any atom is -0.299 e. The van der Waals surface area contributed by atoms with Crippen molar-refractivity contribution in [2.24, 2.45) is 17.8 Å². The Balaban J connectivity index is 3.85. The van der Waals surface area contributed by atoms with Crippen molar-refractivity contribution in [3.8, 4) is 0 Å². The molecule has 0 radical (unpaired) electrons. The first-order valence-electron chi connectivity index (χ1n) is 7.07. The highest BCUT2D eigenvalue weighted by atomic mass is 16.9. The van der Waals surface area contributed by atoms with Gasteiger partial charge in [-0.2, -0.15) is 0 Å². The molecule has 0 aliphatic carbocycles. The molecule has 0 rings (SSSR count). The fraction of sp³-hybridized carbons (Fsp3) is 1.00. The van der Waals surface area contributed by atoms with Gasteiger partial charge in [-0.3, -0.25) is 14.3 Å². The second kappa shape index (κ2) is 11.6. The predicted octanol–water partition coefficient (Wildman–Crippen LogP) is 1.50. The summed E-state index contributed by atoms with van der Waals surface area (Å²) in [5.74, 6) is 1.48. The summed E-state index contributed by atoms with van der Waals surface area (Å²) in [6.45, 7) is 14.8. The molecule has 0 bridgehead atoms. The van der Waals surface area contributed by atoms with E-state index in [-0.39, 0.29) is 0 Å². The molecule has 0 unspecified atom stereocenters. The summed E-state index contributed by atoms with van der Waals surface area (Å²) >= 11 is 0. The summed E-state index contributed by atoms with van der Waals surface area (Å²) in [7, 11) is -0.823. The zero-order valence-electron chi connectivity index (χ0n) is 13.2. The lowest BCUT2D eigenvalue weighted by Crippen LogP contribution is -2.43. The molecule has 0 aromatic heterocycles. The molecule has 3 N–H and O–H groups in total. The largest absolute Gasteiger partial charge is 0.692 e. The number of rotatable bonds is 12. The summed E-state index contributed by atoms with van der Waals surface area (Å²) in [4.78, 5) is 0. The quantitative estimate of drug-likeness (QED) is 0.370. The Labute approximate surface area is 118 Å². The van der Waals surface area contributed by atoms with Gasteiger partial charge in [0.05, 0.1) is 0 Å². The van der Waals surface area contributed by atoms with Gasteiger partial charge in [0, 0.05) is 19.6 Å². The van der Waals surface area contributed by atoms with E-state index in [1.54, 1.807) is 0 Å². The lowest BCUT2D eigenvalue weighted by atomic mass is 10.2. The first-order valence-corrected chi connectivity index (χ1v) is 7.07. The number of hydrogen-bond acceptors (Lipinski definition) is 6. The van der Waals surface area contributed by atoms with Crippen LogP contribution in [0.5, 0.6) is 0 Å². The summed E-state index contributed by atoms with van der Waals surface area (Å²) in [5.41, 5.74) is 8.49. The molecular formula is C12H30BN3O3. The van der Waals surface area contributed by atoms with E-state index in [1.165, 1.54) is 0 Å². The van der Waals surface area contributed by atoms with Gasteiger partial charge in [0.25, 0.3) is 0 Å². The Morgan fingerprint density at radius 1 is 0.632 bits per heavy atom. The van der Waals surface area contributed by atoms with Gasteiger partial charge in [-0.25, -0.2) is 16.4 Å². The highest BCUT2D eigenvalue weighted by molar-refractivity contribution is 6.35. The Bertz CT molecular complexity index is 173. The minimum absolute atomic E-state index is 0.493. The first-order chi connectivity index (χ1) is 8.91. The van der Waals surface area contributed by atoms with Crippen LogP contribution in [0.3, 0.4) is 0 Å². The zero-order chi connectivity index (χ0) is 14.7. The third-order valence-corrected chi connectivity index (χ3v) is 2.01. The molecule has 7 heteroatoms. The van der Waals surface area contributed by atoms with Gasteiger partial charge in [0.2, 0.25) is 0 Å². The predicted molar refractivity (Wildman–Crippen MR) is 77.5 cm³/mol. The summed E-state index contributed by atoms with van der Waals surface area (Å²) in [6.07, 6.45) is 0. The molecule has 0 aromatic rings. The molecule has 6 nitrogen and oxygen atoms in total. The van der Waals surface area contributed by atoms with E-state index in [2.05, 4.69) is 58.0 Å². The molecule has 0 atom stereocenters. The van der Waals surface area contributed by atoms with Gasteiger partial charge in [-0.05, 0) is 17.8 Å². The van der Waals surface area contributed by atoms with Gasteiger partial charge in [-0.15, -0.1) is 0 Å². The third-order valence-electron chi connectivity index (χ3n) is 2.01. The van der Waals surface area contributed by atoms with Crippen LogP contribution < -0.4 is 16.4 Å². The van der Waals surface area contributed by atoms with Crippen molar-refractivity contribution < 1.29 is 14.3 Å². The van der Waals surface area contributed by atoms with Crippen molar-refractivity contribution >= 4 is 7.32 Å². The lowest BCUT2D eigenvalue weighted by molar-refractivity contribution is -0.0135. The summed E-state index contributed by atoms with van der Waals surface area (Å²) < 4.78 is 15.9. The fourth-order valence-corrected chi connectivity index (χ4v) is 0.921. The lowest BCUT2D eigenvalue weighted by Gasteiger charge is -2.17. The van der Waals surface area contributed by atoms with Crippen LogP contribution in [0.25, 0.3) is 0 Å². The highest BCUT2D eigenvalue weighted by Crippen LogP contribution is 1.93. The van der Waals surface area contributed by atoms with Gasteiger partial charge in [0.1, 0.15) is 0 Å². The van der Waals surface area contributed by atoms with Crippen LogP contribution in [0.15, 0.2) is 0 Å². The van der Waals surface area contributed by atoms with E-state index in [1.807, 2.05) is 0 Å². The molecule has 0 fully saturated rings. The van der Waals surface area contributed by atoms with Gasteiger partial charge < -0.3 is 0 Å². The second-order valence-electron chi connectivity index (χ2n) is 5.87. The molecule has 0 aromatic carbocycles. The Kier molecular flexibility index (Phi) is 11.5. The van der Waals surface area contributed by atoms with Gasteiger partial charge in [0.15, 0.2) is 0 Å². The molecule has 0 saturated heterocycles. The molecule has 0 amide bonds. The maximum Gasteiger partial charge on any atom is 0.692 e. The molecule has 19 heavy (non-hydrogen) atoms. The average molecular weight is 275 g/mol.